The molecule has 0 bridgehead atoms. The summed E-state index contributed by atoms with van der Waals surface area (Å²) in [5.74, 6) is -0.263. The lowest BCUT2D eigenvalue weighted by molar-refractivity contribution is 0.414. The molecule has 3 N–H and O–H groups in total. The van der Waals surface area contributed by atoms with E-state index in [0.29, 0.717) is 10.2 Å². The van der Waals surface area contributed by atoms with Gasteiger partial charge in [-0.2, -0.15) is 0 Å². The number of rotatable bonds is 4. The molecule has 0 aliphatic rings. The van der Waals surface area contributed by atoms with Gasteiger partial charge in [-0.3, -0.25) is 4.72 Å². The minimum absolute atomic E-state index is 0.0133. The Bertz CT molecular complexity index is 781. The number of halogens is 2. The molecule has 0 radical (unpaired) electrons. The summed E-state index contributed by atoms with van der Waals surface area (Å²) in [4.78, 5) is -0.148. The van der Waals surface area contributed by atoms with Crippen molar-refractivity contribution in [2.45, 2.75) is 4.90 Å². The normalized spacial score (nSPS) is 11.2. The highest BCUT2D eigenvalue weighted by molar-refractivity contribution is 9.10. The Hall–Kier alpha value is -1.80. The zero-order chi connectivity index (χ0) is 15.6. The summed E-state index contributed by atoms with van der Waals surface area (Å²) in [6.07, 6.45) is 0. The number of nitrogens with two attached hydrogens (primary N) is 1. The second kappa shape index (κ2) is 5.90. The minimum Gasteiger partial charge on any atom is -0.497 e. The van der Waals surface area contributed by atoms with Crippen molar-refractivity contribution >= 4 is 37.3 Å². The van der Waals surface area contributed by atoms with E-state index in [0.717, 1.165) is 6.07 Å². The van der Waals surface area contributed by atoms with Gasteiger partial charge in [0.05, 0.1) is 18.5 Å². The standard InChI is InChI=1S/C13H12BrFN2O3S/c1-20-9-3-5-13(11(16)7-9)21(18,19)17-12-4-2-8(14)6-10(12)15/h2-7,17H,16H2,1H3. The number of ether oxygens (including phenoxy) is 1. The molecule has 0 fully saturated rings. The van der Waals surface area contributed by atoms with Crippen molar-refractivity contribution in [2.75, 3.05) is 17.6 Å². The molecule has 0 saturated heterocycles. The van der Waals surface area contributed by atoms with E-state index in [-0.39, 0.29) is 16.3 Å². The molecule has 0 heterocycles. The quantitative estimate of drug-likeness (QED) is 0.806. The maximum Gasteiger partial charge on any atom is 0.264 e. The number of nitrogen functional groups attached to an aromatic ring is 1. The van der Waals surface area contributed by atoms with Crippen LogP contribution in [0.2, 0.25) is 0 Å². The summed E-state index contributed by atoms with van der Waals surface area (Å²) < 4.78 is 45.8. The second-order valence-electron chi connectivity index (χ2n) is 4.13. The first kappa shape index (κ1) is 15.6. The van der Waals surface area contributed by atoms with Gasteiger partial charge in [0.15, 0.2) is 0 Å². The summed E-state index contributed by atoms with van der Waals surface area (Å²) in [6.45, 7) is 0. The number of hydrogen-bond acceptors (Lipinski definition) is 4. The Morgan fingerprint density at radius 1 is 1.24 bits per heavy atom. The van der Waals surface area contributed by atoms with Gasteiger partial charge < -0.3 is 10.5 Å². The molecular weight excluding hydrogens is 363 g/mol. The predicted molar refractivity (Wildman–Crippen MR) is 82.3 cm³/mol. The van der Waals surface area contributed by atoms with Gasteiger partial charge in [-0.1, -0.05) is 15.9 Å². The molecule has 5 nitrogen and oxygen atoms in total. The van der Waals surface area contributed by atoms with Crippen molar-refractivity contribution in [2.24, 2.45) is 0 Å². The zero-order valence-electron chi connectivity index (χ0n) is 10.9. The van der Waals surface area contributed by atoms with E-state index >= 15 is 0 Å². The molecule has 0 saturated carbocycles. The Kier molecular flexibility index (Phi) is 4.38. The lowest BCUT2D eigenvalue weighted by atomic mass is 10.3. The van der Waals surface area contributed by atoms with E-state index < -0.39 is 15.8 Å². The fraction of sp³-hybridized carbons (Fsp3) is 0.0769. The maximum atomic E-state index is 13.7. The molecule has 0 aromatic heterocycles. The molecule has 0 aliphatic heterocycles. The van der Waals surface area contributed by atoms with Crippen LogP contribution in [-0.4, -0.2) is 15.5 Å². The van der Waals surface area contributed by atoms with Gasteiger partial charge in [0.2, 0.25) is 0 Å². The monoisotopic (exact) mass is 374 g/mol. The third-order valence-corrected chi connectivity index (χ3v) is 4.61. The van der Waals surface area contributed by atoms with Crippen LogP contribution in [0.4, 0.5) is 15.8 Å². The summed E-state index contributed by atoms with van der Waals surface area (Å²) in [6, 6.07) is 8.15. The number of methoxy groups -OCH3 is 1. The van der Waals surface area contributed by atoms with Crippen LogP contribution in [0.15, 0.2) is 45.8 Å². The molecule has 21 heavy (non-hydrogen) atoms. The Labute approximate surface area is 130 Å². The highest BCUT2D eigenvalue weighted by Crippen LogP contribution is 2.27. The Morgan fingerprint density at radius 3 is 2.52 bits per heavy atom. The predicted octanol–water partition coefficient (Wildman–Crippen LogP) is 2.98. The van der Waals surface area contributed by atoms with Crippen molar-refractivity contribution in [1.82, 2.24) is 0 Å². The van der Waals surface area contributed by atoms with Crippen LogP contribution in [0.3, 0.4) is 0 Å². The number of hydrogen-bond donors (Lipinski definition) is 2. The van der Waals surface area contributed by atoms with Crippen LogP contribution >= 0.6 is 15.9 Å². The second-order valence-corrected chi connectivity index (χ2v) is 6.70. The number of benzene rings is 2. The summed E-state index contributed by atoms with van der Waals surface area (Å²) >= 11 is 3.10. The third kappa shape index (κ3) is 3.45. The molecule has 2 aromatic rings. The first-order valence-corrected chi connectivity index (χ1v) is 8.02. The lowest BCUT2D eigenvalue weighted by Crippen LogP contribution is -2.15. The van der Waals surface area contributed by atoms with E-state index in [1.54, 1.807) is 0 Å². The van der Waals surface area contributed by atoms with Gasteiger partial charge in [0, 0.05) is 10.5 Å². The van der Waals surface area contributed by atoms with E-state index in [4.69, 9.17) is 10.5 Å². The third-order valence-electron chi connectivity index (χ3n) is 2.68. The van der Waals surface area contributed by atoms with Crippen LogP contribution in [0, 0.1) is 5.82 Å². The number of anilines is 2. The Morgan fingerprint density at radius 2 is 1.95 bits per heavy atom. The average molecular weight is 375 g/mol. The average Bonchev–Trinajstić information content (AvgIpc) is 2.41. The fourth-order valence-corrected chi connectivity index (χ4v) is 3.18. The highest BCUT2D eigenvalue weighted by atomic mass is 79.9. The van der Waals surface area contributed by atoms with Gasteiger partial charge >= 0.3 is 0 Å². The van der Waals surface area contributed by atoms with Crippen molar-refractivity contribution in [3.8, 4) is 5.75 Å². The van der Waals surface area contributed by atoms with Gasteiger partial charge in [0.1, 0.15) is 16.5 Å². The molecule has 0 atom stereocenters. The van der Waals surface area contributed by atoms with Crippen LogP contribution in [-0.2, 0) is 10.0 Å². The van der Waals surface area contributed by atoms with E-state index in [9.17, 15) is 12.8 Å². The van der Waals surface area contributed by atoms with E-state index in [1.165, 1.54) is 37.4 Å². The molecule has 0 unspecified atom stereocenters. The summed E-state index contributed by atoms with van der Waals surface area (Å²) in [5.41, 5.74) is 5.55. The first-order chi connectivity index (χ1) is 9.83. The minimum atomic E-state index is -3.99. The number of nitrogens with one attached hydrogen (secondary N) is 1. The van der Waals surface area contributed by atoms with Gasteiger partial charge in [0.25, 0.3) is 10.0 Å². The molecule has 0 aliphatic carbocycles. The van der Waals surface area contributed by atoms with Crippen molar-refractivity contribution < 1.29 is 17.5 Å². The lowest BCUT2D eigenvalue weighted by Gasteiger charge is -2.12. The van der Waals surface area contributed by atoms with Crippen molar-refractivity contribution in [1.29, 1.82) is 0 Å². The van der Waals surface area contributed by atoms with Crippen LogP contribution in [0.1, 0.15) is 0 Å². The van der Waals surface area contributed by atoms with Crippen LogP contribution < -0.4 is 15.2 Å². The zero-order valence-corrected chi connectivity index (χ0v) is 13.3. The SMILES string of the molecule is COc1ccc(S(=O)(=O)Nc2ccc(Br)cc2F)c(N)c1. The molecule has 2 rings (SSSR count). The molecule has 8 heteroatoms. The molecule has 0 spiro atoms. The molecule has 0 amide bonds. The molecule has 112 valence electrons. The maximum absolute atomic E-state index is 13.7. The summed E-state index contributed by atoms with van der Waals surface area (Å²) in [7, 11) is -2.55. The Balaban J connectivity index is 2.38. The van der Waals surface area contributed by atoms with Gasteiger partial charge in [-0.05, 0) is 30.3 Å². The van der Waals surface area contributed by atoms with Crippen molar-refractivity contribution in [3.63, 3.8) is 0 Å². The van der Waals surface area contributed by atoms with Crippen molar-refractivity contribution in [3.05, 3.63) is 46.7 Å². The topological polar surface area (TPSA) is 81.4 Å². The van der Waals surface area contributed by atoms with E-state index in [1.807, 2.05) is 0 Å². The number of sulfonamides is 1. The highest BCUT2D eigenvalue weighted by Gasteiger charge is 2.19. The fourth-order valence-electron chi connectivity index (χ4n) is 1.67. The smallest absolute Gasteiger partial charge is 0.264 e. The van der Waals surface area contributed by atoms with Crippen LogP contribution in [0.5, 0.6) is 5.75 Å². The molecule has 2 aromatic carbocycles. The van der Waals surface area contributed by atoms with E-state index in [2.05, 4.69) is 20.7 Å². The summed E-state index contributed by atoms with van der Waals surface area (Å²) in [5, 5.41) is 0. The molecular formula is C13H12BrFN2O3S. The largest absolute Gasteiger partial charge is 0.497 e. The van der Waals surface area contributed by atoms with Gasteiger partial charge in [-0.25, -0.2) is 12.8 Å². The van der Waals surface area contributed by atoms with Crippen LogP contribution in [0.25, 0.3) is 0 Å². The first-order valence-electron chi connectivity index (χ1n) is 5.75. The van der Waals surface area contributed by atoms with Gasteiger partial charge in [-0.15, -0.1) is 0 Å².